The number of nitrogens with zero attached hydrogens (tertiary/aromatic N) is 2. The lowest BCUT2D eigenvalue weighted by molar-refractivity contribution is -0.196. The molecule has 43 heavy (non-hydrogen) atoms. The van der Waals surface area contributed by atoms with Crippen molar-refractivity contribution in [2.75, 3.05) is 83.7 Å². The highest BCUT2D eigenvalue weighted by Crippen LogP contribution is 2.15. The third kappa shape index (κ3) is 37.5. The highest BCUT2D eigenvalue weighted by atomic mass is 32.2. The van der Waals surface area contributed by atoms with E-state index in [0.717, 1.165) is 15.3 Å². The Morgan fingerprint density at radius 3 is 1.77 bits per heavy atom. The molecule has 0 heterocycles. The molecule has 0 aliphatic rings. The summed E-state index contributed by atoms with van der Waals surface area (Å²) >= 11 is 14.7. The van der Waals surface area contributed by atoms with E-state index >= 15 is 0 Å². The Morgan fingerprint density at radius 2 is 1.19 bits per heavy atom. The number of hydrogen-bond donors (Lipinski definition) is 4. The van der Waals surface area contributed by atoms with Crippen molar-refractivity contribution < 1.29 is 43.3 Å². The van der Waals surface area contributed by atoms with E-state index in [9.17, 15) is 13.8 Å². The summed E-state index contributed by atoms with van der Waals surface area (Å²) in [4.78, 5) is 41.0. The third-order valence-corrected chi connectivity index (χ3v) is 14.4. The van der Waals surface area contributed by atoms with Crippen LogP contribution in [0.3, 0.4) is 0 Å². The van der Waals surface area contributed by atoms with Gasteiger partial charge in [-0.05, 0) is 0 Å². The fourth-order valence-electron chi connectivity index (χ4n) is 1.66. The number of thioether (sulfide) groups is 10. The molecule has 0 rings (SSSR count). The number of amides is 2. The number of hydrogen-bond acceptors (Lipinski definition) is 21. The molecule has 0 aromatic heterocycles. The highest BCUT2D eigenvalue weighted by Gasteiger charge is 2.03. The van der Waals surface area contributed by atoms with Gasteiger partial charge >= 0.3 is 12.2 Å². The molecule has 24 heteroatoms. The van der Waals surface area contributed by atoms with Crippen LogP contribution in [0.1, 0.15) is 0 Å². The number of carbonyl (C=O) groups excluding carboxylic acids is 2. The van der Waals surface area contributed by atoms with Crippen molar-refractivity contribution >= 4 is 153 Å². The Morgan fingerprint density at radius 1 is 0.674 bits per heavy atom. The third-order valence-electron chi connectivity index (χ3n) is 3.24. The van der Waals surface area contributed by atoms with Gasteiger partial charge in [0.25, 0.3) is 0 Å². The van der Waals surface area contributed by atoms with Crippen molar-refractivity contribution in [2.24, 2.45) is 9.98 Å². The van der Waals surface area contributed by atoms with Gasteiger partial charge in [-0.1, -0.05) is 0 Å². The first-order valence-corrected chi connectivity index (χ1v) is 24.5. The molecule has 0 spiro atoms. The van der Waals surface area contributed by atoms with Crippen LogP contribution >= 0.6 is 118 Å². The number of rotatable bonds is 31. The fourth-order valence-corrected chi connectivity index (χ4v) is 10.1. The predicted octanol–water partition coefficient (Wildman–Crippen LogP) is 4.87. The Kier molecular flexibility index (Phi) is 38.7. The van der Waals surface area contributed by atoms with Gasteiger partial charge in [0.15, 0.2) is 0 Å². The van der Waals surface area contributed by atoms with Gasteiger partial charge in [-0.25, -0.2) is 14.6 Å². The summed E-state index contributed by atoms with van der Waals surface area (Å²) in [6, 6.07) is 0. The molecule has 0 aromatic rings. The maximum absolute atomic E-state index is 12.0. The van der Waals surface area contributed by atoms with E-state index in [1.165, 1.54) is 106 Å². The van der Waals surface area contributed by atoms with Crippen molar-refractivity contribution in [3.63, 3.8) is 0 Å². The van der Waals surface area contributed by atoms with E-state index in [-0.39, 0.29) is 23.8 Å². The summed E-state index contributed by atoms with van der Waals surface area (Å²) in [5.74, 6) is 2.77. The molecule has 1 atom stereocenters. The first kappa shape index (κ1) is 44.2. The number of aliphatic imine (C=N–C) groups is 2. The van der Waals surface area contributed by atoms with E-state index < -0.39 is 23.0 Å². The molecule has 13 nitrogen and oxygen atoms in total. The van der Waals surface area contributed by atoms with Crippen molar-refractivity contribution in [3.05, 3.63) is 0 Å². The maximum Gasteiger partial charge on any atom is 0.408 e. The molecule has 0 saturated heterocycles. The summed E-state index contributed by atoms with van der Waals surface area (Å²) in [7, 11) is -1.18. The lowest BCUT2D eigenvalue weighted by Crippen LogP contribution is -2.23. The van der Waals surface area contributed by atoms with Crippen molar-refractivity contribution in [1.82, 2.24) is 10.6 Å². The summed E-state index contributed by atoms with van der Waals surface area (Å²) < 4.78 is 22.0. The molecule has 4 N–H and O–H groups in total. The van der Waals surface area contributed by atoms with Crippen LogP contribution in [0, 0.1) is 0 Å². The number of ether oxygens (including phenoxy) is 2. The average Bonchev–Trinajstić information content (AvgIpc) is 3.00. The lowest BCUT2D eigenvalue weighted by Gasteiger charge is -2.06. The number of nitrogens with one attached hydrogen (secondary N) is 2. The van der Waals surface area contributed by atoms with Crippen molar-refractivity contribution in [2.45, 2.75) is 0 Å². The lowest BCUT2D eigenvalue weighted by atomic mass is 11.1. The first-order valence-electron chi connectivity index (χ1n) is 11.5. The SMILES string of the molecule is O=C(NCSCSC/N=C\S(=O)CSCSCOC(=O)NCSCSC/N=C\OOCSCSCO)OCSCSCO. The van der Waals surface area contributed by atoms with Gasteiger partial charge in [0.2, 0.25) is 6.40 Å². The molecule has 0 radical (unpaired) electrons. The first-order chi connectivity index (χ1) is 21.1. The van der Waals surface area contributed by atoms with Gasteiger partial charge in [-0.3, -0.25) is 9.20 Å². The second-order valence-corrected chi connectivity index (χ2v) is 19.3. The van der Waals surface area contributed by atoms with Crippen molar-refractivity contribution in [3.8, 4) is 0 Å². The van der Waals surface area contributed by atoms with Crippen LogP contribution in [0.4, 0.5) is 9.59 Å². The molecule has 0 aliphatic heterocycles. The topological polar surface area (TPSA) is 177 Å². The maximum atomic E-state index is 12.0. The molecular formula is C19H36N4O9S11. The van der Waals surface area contributed by atoms with Gasteiger partial charge in [0.05, 0.1) is 56.8 Å². The zero-order chi connectivity index (χ0) is 31.5. The Labute approximate surface area is 297 Å². The molecule has 0 aromatic carbocycles. The minimum Gasteiger partial charge on any atom is -0.438 e. The number of aliphatic hydroxyl groups is 2. The van der Waals surface area contributed by atoms with Gasteiger partial charge < -0.3 is 35.2 Å². The van der Waals surface area contributed by atoms with E-state index in [2.05, 4.69) is 20.6 Å². The minimum absolute atomic E-state index is 0.0489. The van der Waals surface area contributed by atoms with E-state index in [1.807, 2.05) is 0 Å². The van der Waals surface area contributed by atoms with Gasteiger partial charge in [0.1, 0.15) is 17.8 Å². The summed E-state index contributed by atoms with van der Waals surface area (Å²) in [6.45, 7) is 0. The Bertz CT molecular complexity index is 752. The summed E-state index contributed by atoms with van der Waals surface area (Å²) in [5, 5.41) is 26.4. The molecule has 0 bridgehead atoms. The molecule has 2 amide bonds. The smallest absolute Gasteiger partial charge is 0.408 e. The van der Waals surface area contributed by atoms with Gasteiger partial charge in [0, 0.05) is 25.4 Å². The van der Waals surface area contributed by atoms with Crippen LogP contribution in [-0.4, -0.2) is 122 Å². The molecule has 0 fully saturated rings. The van der Waals surface area contributed by atoms with Crippen LogP contribution in [0.25, 0.3) is 0 Å². The molecule has 1 unspecified atom stereocenters. The molecule has 252 valence electrons. The quantitative estimate of drug-likeness (QED) is 0.0186. The second-order valence-electron chi connectivity index (χ2n) is 6.29. The number of aliphatic hydroxyl groups excluding tert-OH is 2. The van der Waals surface area contributed by atoms with Crippen LogP contribution < -0.4 is 10.6 Å². The number of alkyl carbamates (subject to hydrolysis) is 2. The van der Waals surface area contributed by atoms with E-state index in [1.54, 1.807) is 23.5 Å². The monoisotopic (exact) mass is 816 g/mol. The summed E-state index contributed by atoms with van der Waals surface area (Å²) in [6.07, 6.45) is 0.279. The zero-order valence-electron chi connectivity index (χ0n) is 22.9. The molecule has 0 aliphatic carbocycles. The second kappa shape index (κ2) is 37.7. The predicted molar refractivity (Wildman–Crippen MR) is 200 cm³/mol. The number of carbonyl (C=O) groups is 2. The molecular weight excluding hydrogens is 781 g/mol. The van der Waals surface area contributed by atoms with Gasteiger partial charge in [-0.15, -0.1) is 118 Å². The molecule has 0 saturated carbocycles. The van der Waals surface area contributed by atoms with E-state index in [0.29, 0.717) is 44.7 Å². The standard InChI is InChI=1S/C19H36N4O9S11/c24-7-37-14-39-9-29-18(26)23-5-36-13-34-3-21-6-43(28)17-42-16-40-10-30-19(27)22-4-35-12-33-2-20-1-31-32-11-41-15-38-8-25/h1,6,24-25H,2-5,7-17H2,(H,22,27)(H,23,26)/b20-1-,21-6-. The fraction of sp³-hybridized carbons (Fsp3) is 0.789. The van der Waals surface area contributed by atoms with Gasteiger partial charge in [-0.2, -0.15) is 4.89 Å². The Hall–Kier alpha value is 1.21. The zero-order valence-corrected chi connectivity index (χ0v) is 31.9. The normalized spacial score (nSPS) is 12.0. The average molecular weight is 817 g/mol. The summed E-state index contributed by atoms with van der Waals surface area (Å²) in [5.41, 5.74) is 1.44. The van der Waals surface area contributed by atoms with Crippen LogP contribution in [0.15, 0.2) is 9.98 Å². The van der Waals surface area contributed by atoms with Crippen LogP contribution in [0.5, 0.6) is 0 Å². The van der Waals surface area contributed by atoms with Crippen LogP contribution in [0.2, 0.25) is 0 Å². The largest absolute Gasteiger partial charge is 0.438 e. The highest BCUT2D eigenvalue weighted by molar-refractivity contribution is 8.22. The minimum atomic E-state index is -1.18. The van der Waals surface area contributed by atoms with E-state index in [4.69, 9.17) is 29.5 Å². The Balaban J connectivity index is 3.42. The van der Waals surface area contributed by atoms with Crippen molar-refractivity contribution in [1.29, 1.82) is 0 Å². The van der Waals surface area contributed by atoms with Crippen LogP contribution in [-0.2, 0) is 30.0 Å².